The zero-order valence-corrected chi connectivity index (χ0v) is 13.9. The molecule has 0 aliphatic carbocycles. The van der Waals surface area contributed by atoms with Crippen LogP contribution in [0.3, 0.4) is 0 Å². The first-order valence-electron chi connectivity index (χ1n) is 6.49. The molecule has 0 fully saturated rings. The summed E-state index contributed by atoms with van der Waals surface area (Å²) in [5.41, 5.74) is -1.21. The van der Waals surface area contributed by atoms with Crippen molar-refractivity contribution in [1.29, 1.82) is 0 Å². The predicted molar refractivity (Wildman–Crippen MR) is 80.6 cm³/mol. The number of Topliss-reactive ketones (excluding diaryl/α,β-unsaturated/α-hetero) is 1. The van der Waals surface area contributed by atoms with Crippen molar-refractivity contribution in [3.8, 4) is 11.5 Å². The van der Waals surface area contributed by atoms with E-state index >= 15 is 0 Å². The molecule has 1 aromatic carbocycles. The number of carbonyl (C=O) groups excluding carboxylic acids is 1. The lowest BCUT2D eigenvalue weighted by molar-refractivity contribution is -0.131. The Kier molecular flexibility index (Phi) is 4.16. The van der Waals surface area contributed by atoms with Gasteiger partial charge in [-0.15, -0.1) is 0 Å². The number of sulfonamides is 1. The zero-order valence-electron chi connectivity index (χ0n) is 13.0. The molecule has 23 heavy (non-hydrogen) atoms. The molecule has 0 amide bonds. The molecule has 0 saturated carbocycles. The zero-order chi connectivity index (χ0) is 17.4. The van der Waals surface area contributed by atoms with Gasteiger partial charge in [0.05, 0.1) is 20.5 Å². The van der Waals surface area contributed by atoms with Gasteiger partial charge >= 0.3 is 0 Å². The number of methoxy groups -OCH3 is 2. The molecule has 1 atom stereocenters. The first-order valence-corrected chi connectivity index (χ1v) is 8.39. The number of carbonyl (C=O) groups is 1. The van der Waals surface area contributed by atoms with Crippen LogP contribution in [0.25, 0.3) is 0 Å². The molecule has 0 spiro atoms. The maximum absolute atomic E-state index is 12.3. The minimum absolute atomic E-state index is 0.367. The lowest BCUT2D eigenvalue weighted by Crippen LogP contribution is -2.32. The number of aliphatic hydroxyl groups is 1. The third-order valence-electron chi connectivity index (χ3n) is 3.38. The highest BCUT2D eigenvalue weighted by Gasteiger charge is 2.48. The van der Waals surface area contributed by atoms with E-state index in [1.807, 2.05) is 4.72 Å². The van der Waals surface area contributed by atoms with Crippen molar-refractivity contribution in [3.05, 3.63) is 35.4 Å². The summed E-state index contributed by atoms with van der Waals surface area (Å²) in [6.07, 6.45) is 0.882. The lowest BCUT2D eigenvalue weighted by atomic mass is 9.91. The second kappa shape index (κ2) is 5.65. The fourth-order valence-corrected chi connectivity index (χ4v) is 2.66. The minimum atomic E-state index is -3.71. The van der Waals surface area contributed by atoms with E-state index in [0.717, 1.165) is 6.26 Å². The average Bonchev–Trinajstić information content (AvgIpc) is 2.70. The van der Waals surface area contributed by atoms with Crippen molar-refractivity contribution in [2.24, 2.45) is 0 Å². The SMILES string of the molecule is COc1ccc(C2(C)OC(NS(C)(=O)=O)=C(O)C2=O)cc1OC. The second-order valence-electron chi connectivity index (χ2n) is 5.09. The number of ether oxygens (including phenoxy) is 3. The lowest BCUT2D eigenvalue weighted by Gasteiger charge is -2.24. The standard InChI is InChI=1S/C14H17NO7S/c1-14(8-5-6-9(20-2)10(7-8)21-3)12(17)11(16)13(22-14)15-23(4,18)19/h5-7,15-16H,1-4H3. The first-order chi connectivity index (χ1) is 10.6. The number of benzene rings is 1. The highest BCUT2D eigenvalue weighted by molar-refractivity contribution is 7.88. The quantitative estimate of drug-likeness (QED) is 0.813. The van der Waals surface area contributed by atoms with Crippen LogP contribution in [-0.4, -0.2) is 39.8 Å². The topological polar surface area (TPSA) is 111 Å². The van der Waals surface area contributed by atoms with Gasteiger partial charge in [0.1, 0.15) is 0 Å². The molecule has 1 aliphatic rings. The average molecular weight is 343 g/mol. The highest BCUT2D eigenvalue weighted by atomic mass is 32.2. The van der Waals surface area contributed by atoms with Gasteiger partial charge in [0.25, 0.3) is 5.78 Å². The van der Waals surface area contributed by atoms with Gasteiger partial charge in [0, 0.05) is 5.56 Å². The van der Waals surface area contributed by atoms with Crippen LogP contribution in [0.5, 0.6) is 11.5 Å². The summed E-state index contributed by atoms with van der Waals surface area (Å²) in [6.45, 7) is 1.42. The fraction of sp³-hybridized carbons (Fsp3) is 0.357. The van der Waals surface area contributed by atoms with E-state index in [-0.39, 0.29) is 0 Å². The van der Waals surface area contributed by atoms with E-state index in [4.69, 9.17) is 14.2 Å². The molecule has 8 nitrogen and oxygen atoms in total. The summed E-state index contributed by atoms with van der Waals surface area (Å²) < 4.78 is 40.2. The Bertz CT molecular complexity index is 784. The van der Waals surface area contributed by atoms with Gasteiger partial charge in [-0.25, -0.2) is 8.42 Å². The molecule has 0 saturated heterocycles. The Morgan fingerprint density at radius 3 is 2.35 bits per heavy atom. The summed E-state index contributed by atoms with van der Waals surface area (Å²) in [5.74, 6) is -1.23. The predicted octanol–water partition coefficient (Wildman–Crippen LogP) is 0.795. The Labute approximate surface area is 133 Å². The van der Waals surface area contributed by atoms with Gasteiger partial charge in [0.15, 0.2) is 17.1 Å². The largest absolute Gasteiger partial charge is 0.501 e. The maximum Gasteiger partial charge on any atom is 0.250 e. The van der Waals surface area contributed by atoms with Crippen molar-refractivity contribution in [3.63, 3.8) is 0 Å². The maximum atomic E-state index is 12.3. The van der Waals surface area contributed by atoms with E-state index in [1.54, 1.807) is 12.1 Å². The van der Waals surface area contributed by atoms with Crippen molar-refractivity contribution >= 4 is 15.8 Å². The van der Waals surface area contributed by atoms with Crippen LogP contribution in [0.4, 0.5) is 0 Å². The molecule has 1 aliphatic heterocycles. The fourth-order valence-electron chi connectivity index (χ4n) is 2.19. The van der Waals surface area contributed by atoms with Crippen LogP contribution < -0.4 is 14.2 Å². The van der Waals surface area contributed by atoms with Crippen LogP contribution in [0.1, 0.15) is 12.5 Å². The minimum Gasteiger partial charge on any atom is -0.501 e. The van der Waals surface area contributed by atoms with Crippen LogP contribution in [0.2, 0.25) is 0 Å². The molecule has 0 aromatic heterocycles. The Balaban J connectivity index is 2.43. The van der Waals surface area contributed by atoms with E-state index in [2.05, 4.69) is 0 Å². The molecule has 2 N–H and O–H groups in total. The van der Waals surface area contributed by atoms with Gasteiger partial charge in [-0.1, -0.05) is 6.07 Å². The number of nitrogens with one attached hydrogen (secondary N) is 1. The molecule has 2 rings (SSSR count). The second-order valence-corrected chi connectivity index (χ2v) is 6.83. The smallest absolute Gasteiger partial charge is 0.250 e. The van der Waals surface area contributed by atoms with Crippen molar-refractivity contribution in [2.45, 2.75) is 12.5 Å². The summed E-state index contributed by atoms with van der Waals surface area (Å²) in [4.78, 5) is 12.3. The molecule has 0 radical (unpaired) electrons. The Morgan fingerprint density at radius 1 is 1.22 bits per heavy atom. The van der Waals surface area contributed by atoms with Crippen LogP contribution in [-0.2, 0) is 25.2 Å². The summed E-state index contributed by atoms with van der Waals surface area (Å²) in [5, 5.41) is 9.87. The van der Waals surface area contributed by atoms with Crippen molar-refractivity contribution in [1.82, 2.24) is 4.72 Å². The molecule has 9 heteroatoms. The molecule has 1 unspecified atom stereocenters. The molecular formula is C14H17NO7S. The van der Waals surface area contributed by atoms with E-state index in [9.17, 15) is 18.3 Å². The van der Waals surface area contributed by atoms with Gasteiger partial charge in [-0.2, -0.15) is 0 Å². The number of rotatable bonds is 5. The molecule has 0 bridgehead atoms. The third kappa shape index (κ3) is 3.04. The first kappa shape index (κ1) is 16.9. The number of hydrogen-bond acceptors (Lipinski definition) is 7. The highest BCUT2D eigenvalue weighted by Crippen LogP contribution is 2.40. The van der Waals surface area contributed by atoms with Gasteiger partial charge in [0.2, 0.25) is 21.7 Å². The van der Waals surface area contributed by atoms with E-state index in [1.165, 1.54) is 27.2 Å². The number of hydrogen-bond donors (Lipinski definition) is 2. The summed E-state index contributed by atoms with van der Waals surface area (Å²) >= 11 is 0. The monoisotopic (exact) mass is 343 g/mol. The van der Waals surface area contributed by atoms with Crippen molar-refractivity contribution < 1.29 is 32.5 Å². The molecule has 1 aromatic rings. The third-order valence-corrected chi connectivity index (χ3v) is 3.94. The van der Waals surface area contributed by atoms with Gasteiger partial charge in [-0.3, -0.25) is 9.52 Å². The number of aliphatic hydroxyl groups excluding tert-OH is 1. The summed E-state index contributed by atoms with van der Waals surface area (Å²) in [6, 6.07) is 4.67. The Morgan fingerprint density at radius 2 is 1.83 bits per heavy atom. The van der Waals surface area contributed by atoms with E-state index in [0.29, 0.717) is 17.1 Å². The van der Waals surface area contributed by atoms with Crippen LogP contribution >= 0.6 is 0 Å². The molecule has 126 valence electrons. The van der Waals surface area contributed by atoms with Crippen molar-refractivity contribution in [2.75, 3.05) is 20.5 Å². The molecule has 1 heterocycles. The summed E-state index contributed by atoms with van der Waals surface area (Å²) in [7, 11) is -0.801. The number of ketones is 1. The Hall–Kier alpha value is -2.42. The van der Waals surface area contributed by atoms with Gasteiger partial charge < -0.3 is 19.3 Å². The normalized spacial score (nSPS) is 21.1. The van der Waals surface area contributed by atoms with Crippen LogP contribution in [0.15, 0.2) is 29.8 Å². The van der Waals surface area contributed by atoms with Gasteiger partial charge in [-0.05, 0) is 19.1 Å². The molecular weight excluding hydrogens is 326 g/mol. The van der Waals surface area contributed by atoms with E-state index < -0.39 is 33.0 Å². The van der Waals surface area contributed by atoms with Crippen LogP contribution in [0, 0.1) is 0 Å².